The van der Waals surface area contributed by atoms with Crippen LogP contribution in [0.3, 0.4) is 0 Å². The number of hydrogen-bond donors (Lipinski definition) is 1. The molecule has 11 heavy (non-hydrogen) atoms. The molecule has 56 valence electrons. The maximum Gasteiger partial charge on any atom is 0.192 e. The first-order chi connectivity index (χ1) is 5.27. The van der Waals surface area contributed by atoms with E-state index in [2.05, 4.69) is 9.97 Å². The predicted molar refractivity (Wildman–Crippen MR) is 41.1 cm³/mol. The van der Waals surface area contributed by atoms with E-state index >= 15 is 0 Å². The van der Waals surface area contributed by atoms with Crippen LogP contribution in [0.4, 0.5) is 4.39 Å². The molecular formula is C7H4ClFN2. The van der Waals surface area contributed by atoms with Crippen LogP contribution in [0.5, 0.6) is 0 Å². The first-order valence-corrected chi connectivity index (χ1v) is 3.44. The normalized spacial score (nSPS) is 10.7. The summed E-state index contributed by atoms with van der Waals surface area (Å²) < 4.78 is 12.6. The summed E-state index contributed by atoms with van der Waals surface area (Å²) in [7, 11) is 0. The molecular weight excluding hydrogens is 167 g/mol. The van der Waals surface area contributed by atoms with E-state index in [4.69, 9.17) is 11.6 Å². The Labute approximate surface area is 67.0 Å². The van der Waals surface area contributed by atoms with Crippen LogP contribution in [0, 0.1) is 5.95 Å². The number of rotatable bonds is 0. The molecule has 0 fully saturated rings. The summed E-state index contributed by atoms with van der Waals surface area (Å²) >= 11 is 5.66. The standard InChI is InChI=1S/C7H4ClFN2/c8-7-6-4(1-2-10-7)3-5(9)11-6/h1-3,11H. The number of nitrogens with one attached hydrogen (secondary N) is 1. The lowest BCUT2D eigenvalue weighted by Crippen LogP contribution is -1.75. The van der Waals surface area contributed by atoms with Crippen LogP contribution in [0.1, 0.15) is 0 Å². The van der Waals surface area contributed by atoms with Gasteiger partial charge in [0.15, 0.2) is 11.1 Å². The molecule has 4 heteroatoms. The van der Waals surface area contributed by atoms with Crippen molar-refractivity contribution in [2.75, 3.05) is 0 Å². The van der Waals surface area contributed by atoms with Gasteiger partial charge < -0.3 is 4.98 Å². The highest BCUT2D eigenvalue weighted by atomic mass is 35.5. The Morgan fingerprint density at radius 3 is 3.09 bits per heavy atom. The van der Waals surface area contributed by atoms with Gasteiger partial charge in [-0.1, -0.05) is 11.6 Å². The molecule has 2 heterocycles. The van der Waals surface area contributed by atoms with E-state index in [1.165, 1.54) is 12.3 Å². The maximum absolute atomic E-state index is 12.6. The molecule has 2 rings (SSSR count). The molecule has 0 atom stereocenters. The number of halogens is 2. The van der Waals surface area contributed by atoms with E-state index in [0.717, 1.165) is 5.39 Å². The van der Waals surface area contributed by atoms with Crippen molar-refractivity contribution in [3.63, 3.8) is 0 Å². The van der Waals surface area contributed by atoms with Gasteiger partial charge in [-0.3, -0.25) is 0 Å². The molecule has 0 bridgehead atoms. The fourth-order valence-electron chi connectivity index (χ4n) is 0.986. The van der Waals surface area contributed by atoms with Crippen molar-refractivity contribution in [1.82, 2.24) is 9.97 Å². The number of hydrogen-bond acceptors (Lipinski definition) is 1. The number of nitrogens with zero attached hydrogens (tertiary/aromatic N) is 1. The second kappa shape index (κ2) is 2.20. The summed E-state index contributed by atoms with van der Waals surface area (Å²) in [4.78, 5) is 6.25. The molecule has 2 aromatic rings. The Morgan fingerprint density at radius 2 is 2.36 bits per heavy atom. The van der Waals surface area contributed by atoms with Crippen LogP contribution in [0.25, 0.3) is 10.9 Å². The molecule has 0 saturated heterocycles. The number of pyridine rings is 1. The van der Waals surface area contributed by atoms with Gasteiger partial charge in [0.25, 0.3) is 0 Å². The van der Waals surface area contributed by atoms with Gasteiger partial charge >= 0.3 is 0 Å². The van der Waals surface area contributed by atoms with Crippen LogP contribution < -0.4 is 0 Å². The Kier molecular flexibility index (Phi) is 1.32. The molecule has 0 unspecified atom stereocenters. The van der Waals surface area contributed by atoms with Crippen molar-refractivity contribution in [3.8, 4) is 0 Å². The summed E-state index contributed by atoms with van der Waals surface area (Å²) in [5, 5.41) is 1.04. The fraction of sp³-hybridized carbons (Fsp3) is 0. The Bertz CT molecular complexity index is 396. The van der Waals surface area contributed by atoms with Gasteiger partial charge in [-0.25, -0.2) is 4.98 Å². The van der Waals surface area contributed by atoms with E-state index in [1.807, 2.05) is 0 Å². The molecule has 1 N–H and O–H groups in total. The van der Waals surface area contributed by atoms with E-state index in [0.29, 0.717) is 10.7 Å². The quantitative estimate of drug-likeness (QED) is 0.604. The van der Waals surface area contributed by atoms with Gasteiger partial charge in [-0.05, 0) is 6.07 Å². The topological polar surface area (TPSA) is 28.7 Å². The van der Waals surface area contributed by atoms with Crippen molar-refractivity contribution in [2.45, 2.75) is 0 Å². The summed E-state index contributed by atoms with van der Waals surface area (Å²) in [6.07, 6.45) is 1.54. The second-order valence-electron chi connectivity index (χ2n) is 2.18. The summed E-state index contributed by atoms with van der Waals surface area (Å²) in [6, 6.07) is 3.07. The zero-order valence-corrected chi connectivity index (χ0v) is 6.19. The third-order valence-electron chi connectivity index (χ3n) is 1.46. The van der Waals surface area contributed by atoms with Gasteiger partial charge in [-0.15, -0.1) is 0 Å². The third kappa shape index (κ3) is 0.973. The minimum absolute atomic E-state index is 0.298. The SMILES string of the molecule is Fc1cc2ccnc(Cl)c2[nH]1. The highest BCUT2D eigenvalue weighted by Gasteiger charge is 2.02. The van der Waals surface area contributed by atoms with Crippen LogP contribution in [0.2, 0.25) is 5.15 Å². The highest BCUT2D eigenvalue weighted by Crippen LogP contribution is 2.19. The second-order valence-corrected chi connectivity index (χ2v) is 2.54. The molecule has 0 aliphatic carbocycles. The Morgan fingerprint density at radius 1 is 1.55 bits per heavy atom. The largest absolute Gasteiger partial charge is 0.329 e. The van der Waals surface area contributed by atoms with Crippen molar-refractivity contribution in [2.24, 2.45) is 0 Å². The fourth-order valence-corrected chi connectivity index (χ4v) is 1.20. The molecule has 2 aromatic heterocycles. The zero-order chi connectivity index (χ0) is 7.84. The summed E-state index contributed by atoms with van der Waals surface area (Å²) in [5.74, 6) is -0.394. The minimum atomic E-state index is -0.394. The average Bonchev–Trinajstić information content (AvgIpc) is 2.31. The molecule has 0 aliphatic rings. The average molecular weight is 171 g/mol. The molecule has 0 saturated carbocycles. The minimum Gasteiger partial charge on any atom is -0.329 e. The summed E-state index contributed by atoms with van der Waals surface area (Å²) in [5.41, 5.74) is 0.548. The van der Waals surface area contributed by atoms with Crippen molar-refractivity contribution in [1.29, 1.82) is 0 Å². The lowest BCUT2D eigenvalue weighted by Gasteiger charge is -1.89. The van der Waals surface area contributed by atoms with E-state index in [9.17, 15) is 4.39 Å². The van der Waals surface area contributed by atoms with Gasteiger partial charge in [-0.2, -0.15) is 4.39 Å². The van der Waals surface area contributed by atoms with Crippen LogP contribution in [-0.4, -0.2) is 9.97 Å². The number of fused-ring (bicyclic) bond motifs is 1. The number of aromatic amines is 1. The zero-order valence-electron chi connectivity index (χ0n) is 5.44. The predicted octanol–water partition coefficient (Wildman–Crippen LogP) is 2.36. The molecule has 0 radical (unpaired) electrons. The molecule has 2 nitrogen and oxygen atoms in total. The van der Waals surface area contributed by atoms with Gasteiger partial charge in [0.05, 0.1) is 5.52 Å². The summed E-state index contributed by atoms with van der Waals surface area (Å²) in [6.45, 7) is 0. The lowest BCUT2D eigenvalue weighted by molar-refractivity contribution is 0.594. The van der Waals surface area contributed by atoms with E-state index in [1.54, 1.807) is 6.07 Å². The molecule has 0 aromatic carbocycles. The van der Waals surface area contributed by atoms with Crippen molar-refractivity contribution < 1.29 is 4.39 Å². The van der Waals surface area contributed by atoms with Crippen LogP contribution in [0.15, 0.2) is 18.3 Å². The van der Waals surface area contributed by atoms with Gasteiger partial charge in [0, 0.05) is 17.6 Å². The molecule has 0 amide bonds. The Hall–Kier alpha value is -1.09. The molecule has 0 aliphatic heterocycles. The number of H-pyrrole nitrogens is 1. The van der Waals surface area contributed by atoms with Gasteiger partial charge in [0.2, 0.25) is 0 Å². The van der Waals surface area contributed by atoms with E-state index < -0.39 is 5.95 Å². The Balaban J connectivity index is 2.90. The maximum atomic E-state index is 12.6. The van der Waals surface area contributed by atoms with Crippen LogP contribution >= 0.6 is 11.6 Å². The first-order valence-electron chi connectivity index (χ1n) is 3.06. The highest BCUT2D eigenvalue weighted by molar-refractivity contribution is 6.33. The molecule has 0 spiro atoms. The third-order valence-corrected chi connectivity index (χ3v) is 1.75. The van der Waals surface area contributed by atoms with E-state index in [-0.39, 0.29) is 0 Å². The van der Waals surface area contributed by atoms with Crippen molar-refractivity contribution >= 4 is 22.5 Å². The van der Waals surface area contributed by atoms with Crippen LogP contribution in [-0.2, 0) is 0 Å². The lowest BCUT2D eigenvalue weighted by atomic mass is 10.3. The smallest absolute Gasteiger partial charge is 0.192 e. The van der Waals surface area contributed by atoms with Gasteiger partial charge in [0.1, 0.15) is 0 Å². The monoisotopic (exact) mass is 170 g/mol. The van der Waals surface area contributed by atoms with Crippen molar-refractivity contribution in [3.05, 3.63) is 29.4 Å². The first kappa shape index (κ1) is 6.61. The number of aromatic nitrogens is 2.